The van der Waals surface area contributed by atoms with E-state index >= 15 is 0 Å². The number of rotatable bonds is 6. The van der Waals surface area contributed by atoms with Gasteiger partial charge in [0.1, 0.15) is 0 Å². The Morgan fingerprint density at radius 1 is 1.27 bits per heavy atom. The molecule has 1 aliphatic heterocycles. The third-order valence-electron chi connectivity index (χ3n) is 4.42. The smallest absolute Gasteiger partial charge is 0.212 e. The number of aliphatic imine (C=N–C) groups is 1. The molecular formula is C20H27N5O. The van der Waals surface area contributed by atoms with Gasteiger partial charge in [-0.3, -0.25) is 0 Å². The van der Waals surface area contributed by atoms with Gasteiger partial charge in [0.05, 0.1) is 13.7 Å². The molecule has 1 unspecified atom stereocenters. The van der Waals surface area contributed by atoms with Gasteiger partial charge < -0.3 is 20.3 Å². The van der Waals surface area contributed by atoms with Crippen LogP contribution in [0.25, 0.3) is 0 Å². The van der Waals surface area contributed by atoms with Crippen LogP contribution in [-0.4, -0.2) is 43.7 Å². The Balaban J connectivity index is 1.57. The van der Waals surface area contributed by atoms with Crippen LogP contribution >= 0.6 is 0 Å². The summed E-state index contributed by atoms with van der Waals surface area (Å²) in [7, 11) is 1.62. The first-order chi connectivity index (χ1) is 12.8. The van der Waals surface area contributed by atoms with Crippen molar-refractivity contribution in [2.24, 2.45) is 4.99 Å². The number of hydrogen-bond donors (Lipinski definition) is 2. The predicted octanol–water partition coefficient (Wildman–Crippen LogP) is 2.42. The molecule has 2 N–H and O–H groups in total. The van der Waals surface area contributed by atoms with Crippen molar-refractivity contribution in [3.63, 3.8) is 0 Å². The minimum Gasteiger partial charge on any atom is -0.481 e. The van der Waals surface area contributed by atoms with Gasteiger partial charge in [0.25, 0.3) is 0 Å². The van der Waals surface area contributed by atoms with Gasteiger partial charge in [0, 0.05) is 43.6 Å². The molecule has 1 fully saturated rings. The van der Waals surface area contributed by atoms with Crippen LogP contribution in [0.4, 0.5) is 5.69 Å². The first-order valence-electron chi connectivity index (χ1n) is 9.12. The van der Waals surface area contributed by atoms with E-state index < -0.39 is 0 Å². The Morgan fingerprint density at radius 2 is 2.12 bits per heavy atom. The van der Waals surface area contributed by atoms with E-state index in [1.165, 1.54) is 5.69 Å². The minimum absolute atomic E-state index is 0.391. The van der Waals surface area contributed by atoms with Crippen molar-refractivity contribution in [3.8, 4) is 5.88 Å². The molecule has 0 bridgehead atoms. The van der Waals surface area contributed by atoms with Gasteiger partial charge in [-0.05, 0) is 31.0 Å². The fraction of sp³-hybridized carbons (Fsp3) is 0.400. The van der Waals surface area contributed by atoms with Crippen LogP contribution in [0.15, 0.2) is 53.7 Å². The maximum Gasteiger partial charge on any atom is 0.212 e. The van der Waals surface area contributed by atoms with E-state index in [0.717, 1.165) is 37.6 Å². The predicted molar refractivity (Wildman–Crippen MR) is 106 cm³/mol. The van der Waals surface area contributed by atoms with E-state index in [2.05, 4.69) is 57.8 Å². The Morgan fingerprint density at radius 3 is 2.81 bits per heavy atom. The van der Waals surface area contributed by atoms with E-state index in [1.54, 1.807) is 13.3 Å². The standard InChI is InChI=1S/C20H27N5O/c1-3-21-20(23-14-16-9-10-19(26-2)22-13-16)24-17-11-12-25(15-17)18-7-5-4-6-8-18/h4-10,13,17H,3,11-12,14-15H2,1-2H3,(H2,21,23,24). The van der Waals surface area contributed by atoms with Crippen LogP contribution in [0.5, 0.6) is 5.88 Å². The van der Waals surface area contributed by atoms with Crippen LogP contribution in [-0.2, 0) is 6.54 Å². The first kappa shape index (κ1) is 18.0. The molecule has 0 spiro atoms. The Kier molecular flexibility index (Phi) is 6.30. The van der Waals surface area contributed by atoms with Crippen LogP contribution in [0.2, 0.25) is 0 Å². The summed E-state index contributed by atoms with van der Waals surface area (Å²) in [4.78, 5) is 11.3. The zero-order chi connectivity index (χ0) is 18.2. The monoisotopic (exact) mass is 353 g/mol. The van der Waals surface area contributed by atoms with E-state index in [0.29, 0.717) is 18.5 Å². The number of nitrogens with one attached hydrogen (secondary N) is 2. The lowest BCUT2D eigenvalue weighted by Crippen LogP contribution is -2.44. The maximum atomic E-state index is 5.09. The van der Waals surface area contributed by atoms with Crippen molar-refractivity contribution < 1.29 is 4.74 Å². The van der Waals surface area contributed by atoms with Crippen molar-refractivity contribution in [2.45, 2.75) is 25.9 Å². The molecule has 2 aromatic rings. The summed E-state index contributed by atoms with van der Waals surface area (Å²) in [5.41, 5.74) is 2.34. The summed E-state index contributed by atoms with van der Waals surface area (Å²) in [6.45, 7) is 5.54. The first-order valence-corrected chi connectivity index (χ1v) is 9.12. The second-order valence-corrected chi connectivity index (χ2v) is 6.32. The van der Waals surface area contributed by atoms with Crippen molar-refractivity contribution in [1.29, 1.82) is 0 Å². The highest BCUT2D eigenvalue weighted by atomic mass is 16.5. The topological polar surface area (TPSA) is 61.8 Å². The van der Waals surface area contributed by atoms with Gasteiger partial charge in [-0.1, -0.05) is 24.3 Å². The van der Waals surface area contributed by atoms with Gasteiger partial charge in [-0.15, -0.1) is 0 Å². The number of nitrogens with zero attached hydrogens (tertiary/aromatic N) is 3. The van der Waals surface area contributed by atoms with Crippen molar-refractivity contribution in [2.75, 3.05) is 31.6 Å². The third kappa shape index (κ3) is 4.88. The second kappa shape index (κ2) is 9.08. The number of methoxy groups -OCH3 is 1. The maximum absolute atomic E-state index is 5.09. The zero-order valence-corrected chi connectivity index (χ0v) is 15.5. The normalized spacial score (nSPS) is 17.2. The van der Waals surface area contributed by atoms with Gasteiger partial charge in [0.15, 0.2) is 5.96 Å². The summed E-state index contributed by atoms with van der Waals surface area (Å²) in [6, 6.07) is 14.8. The minimum atomic E-state index is 0.391. The van der Waals surface area contributed by atoms with E-state index in [9.17, 15) is 0 Å². The lowest BCUT2D eigenvalue weighted by Gasteiger charge is -2.20. The molecule has 1 atom stereocenters. The molecule has 1 aromatic heterocycles. The number of benzene rings is 1. The summed E-state index contributed by atoms with van der Waals surface area (Å²) in [6.07, 6.45) is 2.90. The van der Waals surface area contributed by atoms with Gasteiger partial charge >= 0.3 is 0 Å². The number of guanidine groups is 1. The quantitative estimate of drug-likeness (QED) is 0.617. The number of pyridine rings is 1. The Labute approximate surface area is 155 Å². The van der Waals surface area contributed by atoms with E-state index in [1.807, 2.05) is 12.1 Å². The average molecular weight is 353 g/mol. The fourth-order valence-electron chi connectivity index (χ4n) is 3.06. The molecule has 2 heterocycles. The van der Waals surface area contributed by atoms with Crippen LogP contribution < -0.4 is 20.3 Å². The summed E-state index contributed by atoms with van der Waals surface area (Å²) in [5.74, 6) is 1.47. The summed E-state index contributed by atoms with van der Waals surface area (Å²) in [5, 5.41) is 6.89. The number of aromatic nitrogens is 1. The van der Waals surface area contributed by atoms with Gasteiger partial charge in [-0.2, -0.15) is 0 Å². The zero-order valence-electron chi connectivity index (χ0n) is 15.5. The third-order valence-corrected chi connectivity index (χ3v) is 4.42. The summed E-state index contributed by atoms with van der Waals surface area (Å²) < 4.78 is 5.09. The molecule has 0 radical (unpaired) electrons. The molecule has 6 heteroatoms. The second-order valence-electron chi connectivity index (χ2n) is 6.32. The molecule has 1 aliphatic rings. The largest absolute Gasteiger partial charge is 0.481 e. The van der Waals surface area contributed by atoms with Crippen molar-refractivity contribution in [3.05, 3.63) is 54.2 Å². The number of anilines is 1. The van der Waals surface area contributed by atoms with Crippen molar-refractivity contribution in [1.82, 2.24) is 15.6 Å². The lowest BCUT2D eigenvalue weighted by atomic mass is 10.2. The molecular weight excluding hydrogens is 326 g/mol. The van der Waals surface area contributed by atoms with Crippen LogP contribution in [0, 0.1) is 0 Å². The fourth-order valence-corrected chi connectivity index (χ4v) is 3.06. The highest BCUT2D eigenvalue weighted by molar-refractivity contribution is 5.80. The van der Waals surface area contributed by atoms with Gasteiger partial charge in [0.2, 0.25) is 5.88 Å². The highest BCUT2D eigenvalue weighted by Crippen LogP contribution is 2.19. The molecule has 138 valence electrons. The Bertz CT molecular complexity index is 702. The highest BCUT2D eigenvalue weighted by Gasteiger charge is 2.23. The van der Waals surface area contributed by atoms with Crippen LogP contribution in [0.1, 0.15) is 18.9 Å². The molecule has 3 rings (SSSR count). The van der Waals surface area contributed by atoms with Crippen molar-refractivity contribution >= 4 is 11.6 Å². The SMILES string of the molecule is CCNC(=NCc1ccc(OC)nc1)NC1CCN(c2ccccc2)C1. The molecule has 0 aliphatic carbocycles. The molecule has 0 saturated carbocycles. The number of hydrogen-bond acceptors (Lipinski definition) is 4. The number of para-hydroxylation sites is 1. The molecule has 26 heavy (non-hydrogen) atoms. The average Bonchev–Trinajstić information content (AvgIpc) is 3.16. The molecule has 1 aromatic carbocycles. The molecule has 6 nitrogen and oxygen atoms in total. The number of ether oxygens (including phenoxy) is 1. The van der Waals surface area contributed by atoms with E-state index in [4.69, 9.17) is 9.73 Å². The summed E-state index contributed by atoms with van der Waals surface area (Å²) >= 11 is 0. The van der Waals surface area contributed by atoms with Crippen LogP contribution in [0.3, 0.4) is 0 Å². The van der Waals surface area contributed by atoms with E-state index in [-0.39, 0.29) is 0 Å². The molecule has 0 amide bonds. The lowest BCUT2D eigenvalue weighted by molar-refractivity contribution is 0.397. The Hall–Kier alpha value is -2.76. The molecule has 1 saturated heterocycles. The van der Waals surface area contributed by atoms with Gasteiger partial charge in [-0.25, -0.2) is 9.98 Å².